The minimum atomic E-state index is 0.371. The van der Waals surface area contributed by atoms with Gasteiger partial charge in [-0.15, -0.1) is 0 Å². The number of rotatable bonds is 5. The van der Waals surface area contributed by atoms with Crippen LogP contribution in [0.2, 0.25) is 5.02 Å². The minimum absolute atomic E-state index is 0.371. The Hall–Kier alpha value is -1.51. The molecular formula is C18H22ClNO. The van der Waals surface area contributed by atoms with Gasteiger partial charge in [-0.05, 0) is 60.8 Å². The van der Waals surface area contributed by atoms with E-state index >= 15 is 0 Å². The summed E-state index contributed by atoms with van der Waals surface area (Å²) in [6.45, 7) is 7.11. The SMILES string of the molecule is CNCc1cccc(Oc2cc(C(C)C)c(Cl)cc2C)c1. The lowest BCUT2D eigenvalue weighted by molar-refractivity contribution is 0.477. The highest BCUT2D eigenvalue weighted by atomic mass is 35.5. The van der Waals surface area contributed by atoms with Gasteiger partial charge in [-0.2, -0.15) is 0 Å². The van der Waals surface area contributed by atoms with Crippen LogP contribution in [-0.4, -0.2) is 7.05 Å². The summed E-state index contributed by atoms with van der Waals surface area (Å²) in [7, 11) is 1.94. The van der Waals surface area contributed by atoms with Gasteiger partial charge in [0.1, 0.15) is 11.5 Å². The summed E-state index contributed by atoms with van der Waals surface area (Å²) < 4.78 is 6.06. The van der Waals surface area contributed by atoms with Gasteiger partial charge in [-0.25, -0.2) is 0 Å². The molecule has 0 saturated heterocycles. The average molecular weight is 304 g/mol. The highest BCUT2D eigenvalue weighted by Crippen LogP contribution is 2.33. The van der Waals surface area contributed by atoms with E-state index in [-0.39, 0.29) is 0 Å². The second kappa shape index (κ2) is 6.97. The number of hydrogen-bond donors (Lipinski definition) is 1. The molecule has 0 unspecified atom stereocenters. The molecule has 0 heterocycles. The van der Waals surface area contributed by atoms with Crippen molar-refractivity contribution < 1.29 is 4.74 Å². The van der Waals surface area contributed by atoms with Crippen LogP contribution in [0, 0.1) is 6.92 Å². The molecular weight excluding hydrogens is 282 g/mol. The maximum atomic E-state index is 6.30. The summed E-state index contributed by atoms with van der Waals surface area (Å²) >= 11 is 6.30. The first kappa shape index (κ1) is 15.9. The molecule has 0 aromatic heterocycles. The van der Waals surface area contributed by atoms with Crippen molar-refractivity contribution in [1.29, 1.82) is 0 Å². The second-order valence-corrected chi connectivity index (χ2v) is 5.98. The van der Waals surface area contributed by atoms with Crippen molar-refractivity contribution in [1.82, 2.24) is 5.32 Å². The Morgan fingerprint density at radius 3 is 2.62 bits per heavy atom. The largest absolute Gasteiger partial charge is 0.457 e. The predicted octanol–water partition coefficient (Wildman–Crippen LogP) is 5.28. The Kier molecular flexibility index (Phi) is 5.27. The van der Waals surface area contributed by atoms with Crippen LogP contribution in [0.25, 0.3) is 0 Å². The Morgan fingerprint density at radius 1 is 1.19 bits per heavy atom. The fourth-order valence-electron chi connectivity index (χ4n) is 2.27. The first-order chi connectivity index (χ1) is 10.0. The molecule has 0 saturated carbocycles. The summed E-state index contributed by atoms with van der Waals surface area (Å²) in [6.07, 6.45) is 0. The second-order valence-electron chi connectivity index (χ2n) is 5.57. The normalized spacial score (nSPS) is 11.0. The maximum absolute atomic E-state index is 6.30. The summed E-state index contributed by atoms with van der Waals surface area (Å²) in [5.41, 5.74) is 3.36. The van der Waals surface area contributed by atoms with E-state index in [1.165, 1.54) is 5.56 Å². The number of hydrogen-bond acceptors (Lipinski definition) is 2. The van der Waals surface area contributed by atoms with Gasteiger partial charge >= 0.3 is 0 Å². The molecule has 0 radical (unpaired) electrons. The van der Waals surface area contributed by atoms with Crippen molar-refractivity contribution in [2.75, 3.05) is 7.05 Å². The predicted molar refractivity (Wildman–Crippen MR) is 89.6 cm³/mol. The Labute approximate surface area is 132 Å². The van der Waals surface area contributed by atoms with Gasteiger partial charge in [0.25, 0.3) is 0 Å². The molecule has 1 N–H and O–H groups in total. The lowest BCUT2D eigenvalue weighted by Crippen LogP contribution is -2.04. The van der Waals surface area contributed by atoms with Crippen molar-refractivity contribution in [3.63, 3.8) is 0 Å². The van der Waals surface area contributed by atoms with Crippen LogP contribution in [0.4, 0.5) is 0 Å². The molecule has 0 aliphatic rings. The lowest BCUT2D eigenvalue weighted by atomic mass is 10.0. The molecule has 0 bridgehead atoms. The average Bonchev–Trinajstić information content (AvgIpc) is 2.42. The number of aryl methyl sites for hydroxylation is 1. The van der Waals surface area contributed by atoms with Crippen molar-refractivity contribution in [3.05, 3.63) is 58.1 Å². The molecule has 0 amide bonds. The van der Waals surface area contributed by atoms with E-state index in [0.717, 1.165) is 34.2 Å². The van der Waals surface area contributed by atoms with Gasteiger partial charge in [0, 0.05) is 11.6 Å². The monoisotopic (exact) mass is 303 g/mol. The van der Waals surface area contributed by atoms with Gasteiger partial charge < -0.3 is 10.1 Å². The highest BCUT2D eigenvalue weighted by Gasteiger charge is 2.11. The number of nitrogens with one attached hydrogen (secondary N) is 1. The minimum Gasteiger partial charge on any atom is -0.457 e. The molecule has 0 aliphatic heterocycles. The lowest BCUT2D eigenvalue weighted by Gasteiger charge is -2.15. The quantitative estimate of drug-likeness (QED) is 0.811. The van der Waals surface area contributed by atoms with Gasteiger partial charge in [0.2, 0.25) is 0 Å². The summed E-state index contributed by atoms with van der Waals surface area (Å²) in [6, 6.07) is 12.1. The molecule has 0 aliphatic carbocycles. The fourth-order valence-corrected chi connectivity index (χ4v) is 2.71. The zero-order valence-corrected chi connectivity index (χ0v) is 13.8. The molecule has 0 spiro atoms. The topological polar surface area (TPSA) is 21.3 Å². The molecule has 2 rings (SSSR count). The van der Waals surface area contributed by atoms with Crippen LogP contribution in [0.15, 0.2) is 36.4 Å². The molecule has 0 atom stereocenters. The first-order valence-electron chi connectivity index (χ1n) is 7.22. The Morgan fingerprint density at radius 2 is 1.95 bits per heavy atom. The maximum Gasteiger partial charge on any atom is 0.130 e. The smallest absolute Gasteiger partial charge is 0.130 e. The molecule has 2 aromatic rings. The zero-order valence-electron chi connectivity index (χ0n) is 13.0. The number of benzene rings is 2. The van der Waals surface area contributed by atoms with E-state index in [2.05, 4.69) is 31.3 Å². The Balaban J connectivity index is 2.30. The van der Waals surface area contributed by atoms with Crippen LogP contribution < -0.4 is 10.1 Å². The molecule has 0 fully saturated rings. The molecule has 2 nitrogen and oxygen atoms in total. The summed E-state index contributed by atoms with van der Waals surface area (Å²) in [4.78, 5) is 0. The molecule has 3 heteroatoms. The third kappa shape index (κ3) is 3.99. The van der Waals surface area contributed by atoms with E-state index in [1.807, 2.05) is 38.2 Å². The van der Waals surface area contributed by atoms with Crippen molar-refractivity contribution in [2.24, 2.45) is 0 Å². The van der Waals surface area contributed by atoms with Crippen LogP contribution >= 0.6 is 11.6 Å². The van der Waals surface area contributed by atoms with E-state index in [4.69, 9.17) is 16.3 Å². The number of halogens is 1. The standard InChI is InChI=1S/C18H22ClNO/c1-12(2)16-10-18(13(3)8-17(16)19)21-15-7-5-6-14(9-15)11-20-4/h5-10,12,20H,11H2,1-4H3. The third-order valence-electron chi connectivity index (χ3n) is 3.42. The van der Waals surface area contributed by atoms with Crippen LogP contribution in [0.3, 0.4) is 0 Å². The molecule has 21 heavy (non-hydrogen) atoms. The van der Waals surface area contributed by atoms with Gasteiger partial charge in [0.05, 0.1) is 0 Å². The summed E-state index contributed by atoms with van der Waals surface area (Å²) in [5.74, 6) is 2.09. The third-order valence-corrected chi connectivity index (χ3v) is 3.75. The van der Waals surface area contributed by atoms with Crippen LogP contribution in [-0.2, 0) is 6.54 Å². The van der Waals surface area contributed by atoms with Crippen LogP contribution in [0.5, 0.6) is 11.5 Å². The van der Waals surface area contributed by atoms with Gasteiger partial charge in [0.15, 0.2) is 0 Å². The van der Waals surface area contributed by atoms with Gasteiger partial charge in [-0.1, -0.05) is 37.6 Å². The molecule has 2 aromatic carbocycles. The van der Waals surface area contributed by atoms with Crippen LogP contribution in [0.1, 0.15) is 36.5 Å². The summed E-state index contributed by atoms with van der Waals surface area (Å²) in [5, 5.41) is 3.95. The first-order valence-corrected chi connectivity index (χ1v) is 7.60. The molecule has 112 valence electrons. The van der Waals surface area contributed by atoms with Gasteiger partial charge in [-0.3, -0.25) is 0 Å². The van der Waals surface area contributed by atoms with E-state index in [1.54, 1.807) is 0 Å². The zero-order chi connectivity index (χ0) is 15.4. The van der Waals surface area contributed by atoms with Crippen molar-refractivity contribution in [2.45, 2.75) is 33.2 Å². The Bertz CT molecular complexity index is 623. The van der Waals surface area contributed by atoms with Crippen molar-refractivity contribution in [3.8, 4) is 11.5 Å². The van der Waals surface area contributed by atoms with E-state index in [0.29, 0.717) is 5.92 Å². The van der Waals surface area contributed by atoms with Crippen molar-refractivity contribution >= 4 is 11.6 Å². The fraction of sp³-hybridized carbons (Fsp3) is 0.333. The highest BCUT2D eigenvalue weighted by molar-refractivity contribution is 6.31. The van der Waals surface area contributed by atoms with E-state index < -0.39 is 0 Å². The van der Waals surface area contributed by atoms with E-state index in [9.17, 15) is 0 Å². The number of ether oxygens (including phenoxy) is 1.